The molecular weight excluding hydrogens is 252 g/mol. The van der Waals surface area contributed by atoms with Gasteiger partial charge in [0.25, 0.3) is 0 Å². The number of nitrogens with zero attached hydrogens (tertiary/aromatic N) is 3. The van der Waals surface area contributed by atoms with E-state index < -0.39 is 0 Å². The maximum Gasteiger partial charge on any atom is 0.137 e. The molecule has 5 heteroatoms. The molecule has 0 aliphatic rings. The maximum atomic E-state index is 9.08. The molecule has 5 nitrogen and oxygen atoms in total. The average Bonchev–Trinajstić information content (AvgIpc) is 2.42. The first-order valence-corrected chi connectivity index (χ1v) is 7.47. The van der Waals surface area contributed by atoms with Crippen LogP contribution in [0.2, 0.25) is 0 Å². The van der Waals surface area contributed by atoms with Gasteiger partial charge in [-0.2, -0.15) is 0 Å². The summed E-state index contributed by atoms with van der Waals surface area (Å²) >= 11 is 0. The summed E-state index contributed by atoms with van der Waals surface area (Å²) in [5.74, 6) is 2.76. The van der Waals surface area contributed by atoms with Gasteiger partial charge in [0.15, 0.2) is 0 Å². The normalized spacial score (nSPS) is 10.9. The minimum absolute atomic E-state index is 0.202. The van der Waals surface area contributed by atoms with E-state index in [1.165, 1.54) is 0 Å². The molecule has 0 saturated carbocycles. The predicted octanol–water partition coefficient (Wildman–Crippen LogP) is 2.38. The molecule has 0 spiro atoms. The van der Waals surface area contributed by atoms with Crippen molar-refractivity contribution in [2.24, 2.45) is 0 Å². The third kappa shape index (κ3) is 4.07. The number of hydrogen-bond donors (Lipinski definition) is 2. The molecule has 0 amide bonds. The Morgan fingerprint density at radius 2 is 2.00 bits per heavy atom. The highest BCUT2D eigenvalue weighted by atomic mass is 16.3. The predicted molar refractivity (Wildman–Crippen MR) is 84.5 cm³/mol. The lowest BCUT2D eigenvalue weighted by molar-refractivity contribution is 0.288. The van der Waals surface area contributed by atoms with Crippen molar-refractivity contribution in [2.75, 3.05) is 30.4 Å². The summed E-state index contributed by atoms with van der Waals surface area (Å²) < 4.78 is 0. The Hall–Kier alpha value is -1.36. The van der Waals surface area contributed by atoms with Gasteiger partial charge in [0, 0.05) is 38.2 Å². The van der Waals surface area contributed by atoms with Gasteiger partial charge in [-0.05, 0) is 33.6 Å². The van der Waals surface area contributed by atoms with Crippen LogP contribution < -0.4 is 10.2 Å². The minimum Gasteiger partial charge on any atom is -0.396 e. The molecule has 0 aromatic carbocycles. The number of aromatic nitrogens is 2. The van der Waals surface area contributed by atoms with E-state index in [2.05, 4.69) is 36.0 Å². The highest BCUT2D eigenvalue weighted by molar-refractivity contribution is 5.58. The van der Waals surface area contributed by atoms with E-state index in [1.54, 1.807) is 0 Å². The Morgan fingerprint density at radius 1 is 1.30 bits per heavy atom. The van der Waals surface area contributed by atoms with Gasteiger partial charge < -0.3 is 15.3 Å². The molecule has 0 radical (unpaired) electrons. The molecule has 0 aliphatic heterocycles. The molecule has 114 valence electrons. The van der Waals surface area contributed by atoms with Crippen molar-refractivity contribution in [1.29, 1.82) is 0 Å². The lowest BCUT2D eigenvalue weighted by Crippen LogP contribution is -2.34. The number of anilines is 2. The Bertz CT molecular complexity index is 421. The minimum atomic E-state index is 0.202. The van der Waals surface area contributed by atoms with Gasteiger partial charge in [0.2, 0.25) is 0 Å². The average molecular weight is 280 g/mol. The zero-order valence-corrected chi connectivity index (χ0v) is 13.4. The molecule has 1 heterocycles. The molecule has 0 saturated heterocycles. The quantitative estimate of drug-likeness (QED) is 0.765. The van der Waals surface area contributed by atoms with E-state index in [0.29, 0.717) is 6.04 Å². The van der Waals surface area contributed by atoms with Crippen LogP contribution in [0.5, 0.6) is 0 Å². The summed E-state index contributed by atoms with van der Waals surface area (Å²) in [5, 5.41) is 12.2. The van der Waals surface area contributed by atoms with Gasteiger partial charge in [0.05, 0.1) is 0 Å². The molecule has 0 aliphatic carbocycles. The Labute approximate surface area is 122 Å². The first-order chi connectivity index (χ1) is 9.54. The smallest absolute Gasteiger partial charge is 0.137 e. The van der Waals surface area contributed by atoms with E-state index in [0.717, 1.165) is 48.8 Å². The summed E-state index contributed by atoms with van der Waals surface area (Å²) in [4.78, 5) is 11.5. The summed E-state index contributed by atoms with van der Waals surface area (Å²) in [5.41, 5.74) is 1.07. The SMILES string of the molecule is CCCc1nc(NC)c(C)c(N(CCCO)C(C)C)n1. The van der Waals surface area contributed by atoms with E-state index in [4.69, 9.17) is 10.1 Å². The fourth-order valence-electron chi connectivity index (χ4n) is 2.26. The Morgan fingerprint density at radius 3 is 2.50 bits per heavy atom. The number of hydrogen-bond acceptors (Lipinski definition) is 5. The summed E-state index contributed by atoms with van der Waals surface area (Å²) in [6.45, 7) is 9.49. The number of rotatable bonds is 8. The van der Waals surface area contributed by atoms with Crippen molar-refractivity contribution < 1.29 is 5.11 Å². The summed E-state index contributed by atoms with van der Waals surface area (Å²) in [6, 6.07) is 0.342. The molecule has 0 atom stereocenters. The second kappa shape index (κ2) is 8.04. The van der Waals surface area contributed by atoms with E-state index >= 15 is 0 Å². The first kappa shape index (κ1) is 16.7. The standard InChI is InChI=1S/C15H28N4O/c1-6-8-13-17-14(16-5)12(4)15(18-13)19(11(2)3)9-7-10-20/h11,20H,6-10H2,1-5H3,(H,16,17,18). The van der Waals surface area contributed by atoms with Gasteiger partial charge >= 0.3 is 0 Å². The lowest BCUT2D eigenvalue weighted by atomic mass is 10.2. The van der Waals surface area contributed by atoms with Gasteiger partial charge in [0.1, 0.15) is 17.5 Å². The van der Waals surface area contributed by atoms with Crippen molar-refractivity contribution in [3.05, 3.63) is 11.4 Å². The number of aryl methyl sites for hydroxylation is 1. The van der Waals surface area contributed by atoms with Gasteiger partial charge in [-0.3, -0.25) is 0 Å². The molecule has 0 bridgehead atoms. The van der Waals surface area contributed by atoms with E-state index in [9.17, 15) is 0 Å². The summed E-state index contributed by atoms with van der Waals surface area (Å²) in [7, 11) is 1.89. The zero-order chi connectivity index (χ0) is 15.1. The lowest BCUT2D eigenvalue weighted by Gasteiger charge is -2.30. The number of aliphatic hydroxyl groups excluding tert-OH is 1. The first-order valence-electron chi connectivity index (χ1n) is 7.47. The Kier molecular flexibility index (Phi) is 6.71. The number of aliphatic hydroxyl groups is 1. The van der Waals surface area contributed by atoms with Crippen molar-refractivity contribution >= 4 is 11.6 Å². The zero-order valence-electron chi connectivity index (χ0n) is 13.4. The fraction of sp³-hybridized carbons (Fsp3) is 0.733. The molecule has 2 N–H and O–H groups in total. The second-order valence-corrected chi connectivity index (χ2v) is 5.30. The van der Waals surface area contributed by atoms with E-state index in [1.807, 2.05) is 14.0 Å². The van der Waals surface area contributed by atoms with Gasteiger partial charge in [-0.25, -0.2) is 9.97 Å². The van der Waals surface area contributed by atoms with Crippen LogP contribution in [-0.4, -0.2) is 41.3 Å². The molecule has 1 aromatic rings. The highest BCUT2D eigenvalue weighted by Gasteiger charge is 2.18. The topological polar surface area (TPSA) is 61.3 Å². The third-order valence-electron chi connectivity index (χ3n) is 3.33. The molecule has 1 aromatic heterocycles. The second-order valence-electron chi connectivity index (χ2n) is 5.30. The Balaban J connectivity index is 3.20. The summed E-state index contributed by atoms with van der Waals surface area (Å²) in [6.07, 6.45) is 2.66. The molecule has 0 unspecified atom stereocenters. The third-order valence-corrected chi connectivity index (χ3v) is 3.33. The molecular formula is C15H28N4O. The largest absolute Gasteiger partial charge is 0.396 e. The van der Waals surface area contributed by atoms with Crippen LogP contribution in [0.4, 0.5) is 11.6 Å². The van der Waals surface area contributed by atoms with Crippen molar-refractivity contribution in [3.8, 4) is 0 Å². The fourth-order valence-corrected chi connectivity index (χ4v) is 2.26. The van der Waals surface area contributed by atoms with Crippen molar-refractivity contribution in [3.63, 3.8) is 0 Å². The van der Waals surface area contributed by atoms with Crippen molar-refractivity contribution in [1.82, 2.24) is 9.97 Å². The van der Waals surface area contributed by atoms with Crippen LogP contribution in [0, 0.1) is 6.92 Å². The van der Waals surface area contributed by atoms with Crippen LogP contribution in [0.3, 0.4) is 0 Å². The van der Waals surface area contributed by atoms with Crippen LogP contribution >= 0.6 is 0 Å². The van der Waals surface area contributed by atoms with Crippen LogP contribution in [-0.2, 0) is 6.42 Å². The number of nitrogens with one attached hydrogen (secondary N) is 1. The van der Waals surface area contributed by atoms with Crippen molar-refractivity contribution in [2.45, 2.75) is 53.0 Å². The van der Waals surface area contributed by atoms with Gasteiger partial charge in [-0.15, -0.1) is 0 Å². The molecule has 0 fully saturated rings. The van der Waals surface area contributed by atoms with Crippen LogP contribution in [0.15, 0.2) is 0 Å². The highest BCUT2D eigenvalue weighted by Crippen LogP contribution is 2.25. The van der Waals surface area contributed by atoms with Crippen LogP contribution in [0.1, 0.15) is 45.0 Å². The van der Waals surface area contributed by atoms with Crippen LogP contribution in [0.25, 0.3) is 0 Å². The van der Waals surface area contributed by atoms with Gasteiger partial charge in [-0.1, -0.05) is 6.92 Å². The maximum absolute atomic E-state index is 9.08. The molecule has 20 heavy (non-hydrogen) atoms. The van der Waals surface area contributed by atoms with E-state index in [-0.39, 0.29) is 6.61 Å². The molecule has 1 rings (SSSR count). The monoisotopic (exact) mass is 280 g/mol.